The van der Waals surface area contributed by atoms with Crippen LogP contribution in [0.4, 0.5) is 4.79 Å². The quantitative estimate of drug-likeness (QED) is 0.629. The minimum atomic E-state index is -0.362. The maximum atomic E-state index is 10.7. The lowest BCUT2D eigenvalue weighted by Crippen LogP contribution is -2.41. The van der Waals surface area contributed by atoms with Gasteiger partial charge in [-0.15, -0.1) is 0 Å². The number of urea groups is 1. The Hall–Kier alpha value is -0.730. The SMILES string of the molecule is [CH2]CCN(C(N)=O)C(C)C. The first kappa shape index (κ1) is 9.27. The topological polar surface area (TPSA) is 46.3 Å². The van der Waals surface area contributed by atoms with Crippen molar-refractivity contribution in [1.82, 2.24) is 4.90 Å². The summed E-state index contributed by atoms with van der Waals surface area (Å²) in [6.07, 6.45) is 0.709. The van der Waals surface area contributed by atoms with Gasteiger partial charge in [-0.2, -0.15) is 0 Å². The van der Waals surface area contributed by atoms with E-state index in [-0.39, 0.29) is 12.1 Å². The normalized spacial score (nSPS) is 10.0. The van der Waals surface area contributed by atoms with Gasteiger partial charge in [-0.25, -0.2) is 4.79 Å². The molecule has 2 amide bonds. The molecule has 1 radical (unpaired) electrons. The standard InChI is InChI=1S/C7H15N2O/c1-4-5-9(6(2)3)7(8)10/h6H,1,4-5H2,2-3H3,(H2,8,10). The van der Waals surface area contributed by atoms with Gasteiger partial charge in [0.05, 0.1) is 0 Å². The molecule has 0 atom stereocenters. The van der Waals surface area contributed by atoms with E-state index in [0.29, 0.717) is 13.0 Å². The zero-order chi connectivity index (χ0) is 8.15. The first-order chi connectivity index (χ1) is 4.59. The molecule has 0 spiro atoms. The fourth-order valence-corrected chi connectivity index (χ4v) is 0.793. The Morgan fingerprint density at radius 1 is 1.70 bits per heavy atom. The largest absolute Gasteiger partial charge is 0.351 e. The van der Waals surface area contributed by atoms with Crippen LogP contribution < -0.4 is 5.73 Å². The van der Waals surface area contributed by atoms with Gasteiger partial charge in [0, 0.05) is 12.6 Å². The van der Waals surface area contributed by atoms with Crippen LogP contribution in [0, 0.1) is 6.92 Å². The number of nitrogens with two attached hydrogens (primary N) is 1. The van der Waals surface area contributed by atoms with Crippen molar-refractivity contribution in [3.05, 3.63) is 6.92 Å². The van der Waals surface area contributed by atoms with Crippen molar-refractivity contribution in [2.24, 2.45) is 5.73 Å². The van der Waals surface area contributed by atoms with E-state index in [2.05, 4.69) is 6.92 Å². The Morgan fingerprint density at radius 3 is 2.30 bits per heavy atom. The monoisotopic (exact) mass is 143 g/mol. The number of carbonyl (C=O) groups excluding carboxylic acids is 1. The summed E-state index contributed by atoms with van der Waals surface area (Å²) in [5.74, 6) is 0. The van der Waals surface area contributed by atoms with Crippen molar-refractivity contribution >= 4 is 6.03 Å². The Bertz CT molecular complexity index is 112. The number of rotatable bonds is 3. The average Bonchev–Trinajstić information content (AvgIpc) is 1.81. The Labute approximate surface area is 62.2 Å². The highest BCUT2D eigenvalue weighted by Crippen LogP contribution is 1.97. The first-order valence-corrected chi connectivity index (χ1v) is 3.45. The van der Waals surface area contributed by atoms with Crippen LogP contribution in [0.25, 0.3) is 0 Å². The molecule has 0 aliphatic carbocycles. The number of amides is 2. The first-order valence-electron chi connectivity index (χ1n) is 3.45. The number of hydrogen-bond donors (Lipinski definition) is 1. The molecule has 0 aliphatic rings. The third-order valence-corrected chi connectivity index (χ3v) is 1.31. The van der Waals surface area contributed by atoms with Gasteiger partial charge in [0.25, 0.3) is 0 Å². The molecule has 0 rings (SSSR count). The van der Waals surface area contributed by atoms with Gasteiger partial charge in [-0.3, -0.25) is 0 Å². The molecule has 0 bridgehead atoms. The van der Waals surface area contributed by atoms with E-state index in [1.807, 2.05) is 13.8 Å². The van der Waals surface area contributed by atoms with Crippen LogP contribution in [-0.4, -0.2) is 23.5 Å². The van der Waals surface area contributed by atoms with E-state index >= 15 is 0 Å². The van der Waals surface area contributed by atoms with Gasteiger partial charge in [0.1, 0.15) is 0 Å². The molecule has 3 heteroatoms. The molecule has 0 aromatic heterocycles. The van der Waals surface area contributed by atoms with Crippen LogP contribution in [0.2, 0.25) is 0 Å². The van der Waals surface area contributed by atoms with Crippen molar-refractivity contribution in [3.63, 3.8) is 0 Å². The second-order valence-corrected chi connectivity index (χ2v) is 2.48. The summed E-state index contributed by atoms with van der Waals surface area (Å²) >= 11 is 0. The fraction of sp³-hybridized carbons (Fsp3) is 0.714. The van der Waals surface area contributed by atoms with E-state index in [4.69, 9.17) is 5.73 Å². The summed E-state index contributed by atoms with van der Waals surface area (Å²) in [6.45, 7) is 8.15. The van der Waals surface area contributed by atoms with Crippen LogP contribution in [0.1, 0.15) is 20.3 Å². The lowest BCUT2D eigenvalue weighted by molar-refractivity contribution is 0.194. The highest BCUT2D eigenvalue weighted by molar-refractivity contribution is 5.72. The average molecular weight is 143 g/mol. The zero-order valence-corrected chi connectivity index (χ0v) is 6.63. The Morgan fingerprint density at radius 2 is 2.20 bits per heavy atom. The van der Waals surface area contributed by atoms with E-state index in [1.54, 1.807) is 4.90 Å². The van der Waals surface area contributed by atoms with Crippen molar-refractivity contribution in [1.29, 1.82) is 0 Å². The van der Waals surface area contributed by atoms with Crippen molar-refractivity contribution in [2.75, 3.05) is 6.54 Å². The van der Waals surface area contributed by atoms with E-state index in [9.17, 15) is 4.79 Å². The molecular weight excluding hydrogens is 128 g/mol. The number of primary amides is 1. The molecule has 0 aliphatic heterocycles. The maximum Gasteiger partial charge on any atom is 0.315 e. The molecule has 0 aromatic carbocycles. The van der Waals surface area contributed by atoms with Crippen molar-refractivity contribution < 1.29 is 4.79 Å². The highest BCUT2D eigenvalue weighted by Gasteiger charge is 2.10. The molecule has 3 nitrogen and oxygen atoms in total. The molecule has 0 saturated carbocycles. The van der Waals surface area contributed by atoms with E-state index in [1.165, 1.54) is 0 Å². The third-order valence-electron chi connectivity index (χ3n) is 1.31. The lowest BCUT2D eigenvalue weighted by Gasteiger charge is -2.23. The van der Waals surface area contributed by atoms with E-state index < -0.39 is 0 Å². The summed E-state index contributed by atoms with van der Waals surface area (Å²) in [7, 11) is 0. The smallest absolute Gasteiger partial charge is 0.315 e. The molecule has 0 aromatic rings. The molecule has 2 N–H and O–H groups in total. The van der Waals surface area contributed by atoms with Gasteiger partial charge >= 0.3 is 6.03 Å². The molecule has 0 fully saturated rings. The lowest BCUT2D eigenvalue weighted by atomic mass is 10.3. The fourth-order valence-electron chi connectivity index (χ4n) is 0.793. The molecule has 0 heterocycles. The van der Waals surface area contributed by atoms with Gasteiger partial charge in [-0.1, -0.05) is 6.92 Å². The summed E-state index contributed by atoms with van der Waals surface area (Å²) in [6, 6.07) is -0.183. The minimum absolute atomic E-state index is 0.180. The molecule has 0 saturated heterocycles. The van der Waals surface area contributed by atoms with Gasteiger partial charge in [-0.05, 0) is 20.3 Å². The van der Waals surface area contributed by atoms with Crippen LogP contribution in [0.3, 0.4) is 0 Å². The second kappa shape index (κ2) is 4.14. The summed E-state index contributed by atoms with van der Waals surface area (Å²) < 4.78 is 0. The predicted molar refractivity (Wildman–Crippen MR) is 41.4 cm³/mol. The molecule has 59 valence electrons. The molecular formula is C7H15N2O. The third kappa shape index (κ3) is 2.71. The second-order valence-electron chi connectivity index (χ2n) is 2.48. The van der Waals surface area contributed by atoms with Gasteiger partial charge in [0.15, 0.2) is 0 Å². The van der Waals surface area contributed by atoms with Crippen LogP contribution in [0.15, 0.2) is 0 Å². The summed E-state index contributed by atoms with van der Waals surface area (Å²) in [5, 5.41) is 0. The molecule has 0 unspecified atom stereocenters. The predicted octanol–water partition coefficient (Wildman–Crippen LogP) is 1.000. The van der Waals surface area contributed by atoms with Crippen LogP contribution in [-0.2, 0) is 0 Å². The number of hydrogen-bond acceptors (Lipinski definition) is 1. The van der Waals surface area contributed by atoms with E-state index in [0.717, 1.165) is 0 Å². The summed E-state index contributed by atoms with van der Waals surface area (Å²) in [5.41, 5.74) is 5.08. The summed E-state index contributed by atoms with van der Waals surface area (Å²) in [4.78, 5) is 12.2. The van der Waals surface area contributed by atoms with Crippen LogP contribution >= 0.6 is 0 Å². The maximum absolute atomic E-state index is 10.7. The number of nitrogens with zero attached hydrogens (tertiary/aromatic N) is 1. The Balaban J connectivity index is 3.85. The van der Waals surface area contributed by atoms with Gasteiger partial charge < -0.3 is 10.6 Å². The zero-order valence-electron chi connectivity index (χ0n) is 6.63. The highest BCUT2D eigenvalue weighted by atomic mass is 16.2. The van der Waals surface area contributed by atoms with Gasteiger partial charge in [0.2, 0.25) is 0 Å². The minimum Gasteiger partial charge on any atom is -0.351 e. The van der Waals surface area contributed by atoms with Crippen molar-refractivity contribution in [3.8, 4) is 0 Å². The number of carbonyl (C=O) groups is 1. The van der Waals surface area contributed by atoms with Crippen LogP contribution in [0.5, 0.6) is 0 Å². The Kier molecular flexibility index (Phi) is 3.84. The van der Waals surface area contributed by atoms with Crippen molar-refractivity contribution in [2.45, 2.75) is 26.3 Å². The molecule has 10 heavy (non-hydrogen) atoms.